The van der Waals surface area contributed by atoms with E-state index >= 15 is 0 Å². The summed E-state index contributed by atoms with van der Waals surface area (Å²) in [7, 11) is 3.10. The molecule has 2 heterocycles. The summed E-state index contributed by atoms with van der Waals surface area (Å²) in [5.74, 6) is 1.04. The van der Waals surface area contributed by atoms with Gasteiger partial charge in [0.15, 0.2) is 11.5 Å². The Morgan fingerprint density at radius 3 is 2.67 bits per heavy atom. The van der Waals surface area contributed by atoms with Crippen molar-refractivity contribution in [1.82, 2.24) is 9.80 Å². The molecule has 2 aliphatic rings. The molecule has 6 nitrogen and oxygen atoms in total. The Kier molecular flexibility index (Phi) is 6.99. The summed E-state index contributed by atoms with van der Waals surface area (Å²) in [6.07, 6.45) is 6.02. The van der Waals surface area contributed by atoms with Crippen LogP contribution in [0.15, 0.2) is 18.2 Å². The lowest BCUT2D eigenvalue weighted by Gasteiger charge is -2.35. The minimum Gasteiger partial charge on any atom is -0.493 e. The Morgan fingerprint density at radius 2 is 2.04 bits per heavy atom. The fourth-order valence-corrected chi connectivity index (χ4v) is 3.83. The van der Waals surface area contributed by atoms with Gasteiger partial charge in [0.2, 0.25) is 5.91 Å². The average Bonchev–Trinajstić information content (AvgIpc) is 3.19. The highest BCUT2D eigenvalue weighted by Gasteiger charge is 2.24. The lowest BCUT2D eigenvalue weighted by molar-refractivity contribution is -0.127. The van der Waals surface area contributed by atoms with Crippen molar-refractivity contribution in [3.8, 4) is 11.5 Å². The highest BCUT2D eigenvalue weighted by molar-refractivity contribution is 6.32. The van der Waals surface area contributed by atoms with Crippen LogP contribution in [0.1, 0.15) is 18.4 Å². The minimum absolute atomic E-state index is 0.0117. The van der Waals surface area contributed by atoms with E-state index in [0.29, 0.717) is 22.6 Å². The molecule has 7 heteroatoms. The first kappa shape index (κ1) is 20.0. The normalized spacial score (nSPS) is 21.0. The Morgan fingerprint density at radius 1 is 1.26 bits per heavy atom. The van der Waals surface area contributed by atoms with Crippen molar-refractivity contribution in [2.24, 2.45) is 0 Å². The fourth-order valence-electron chi connectivity index (χ4n) is 3.53. The van der Waals surface area contributed by atoms with Gasteiger partial charge in [-0.2, -0.15) is 0 Å². The zero-order valence-corrected chi connectivity index (χ0v) is 16.7. The lowest BCUT2D eigenvalue weighted by atomic mass is 10.1. The summed E-state index contributed by atoms with van der Waals surface area (Å²) in [6, 6.07) is 3.56. The monoisotopic (exact) mass is 394 g/mol. The third-order valence-electron chi connectivity index (χ3n) is 5.04. The van der Waals surface area contributed by atoms with Crippen molar-refractivity contribution in [1.29, 1.82) is 0 Å². The van der Waals surface area contributed by atoms with E-state index in [1.165, 1.54) is 0 Å². The van der Waals surface area contributed by atoms with Gasteiger partial charge in [0.25, 0.3) is 0 Å². The number of piperazine rings is 1. The van der Waals surface area contributed by atoms with Gasteiger partial charge >= 0.3 is 0 Å². The topological polar surface area (TPSA) is 51.2 Å². The van der Waals surface area contributed by atoms with E-state index in [1.54, 1.807) is 38.5 Å². The minimum atomic E-state index is 0.0117. The predicted octanol–water partition coefficient (Wildman–Crippen LogP) is 2.69. The van der Waals surface area contributed by atoms with Gasteiger partial charge in [0, 0.05) is 45.4 Å². The first-order valence-electron chi connectivity index (χ1n) is 9.33. The second kappa shape index (κ2) is 9.44. The Bertz CT molecular complexity index is 681. The van der Waals surface area contributed by atoms with Crippen molar-refractivity contribution in [2.45, 2.75) is 18.9 Å². The summed E-state index contributed by atoms with van der Waals surface area (Å²) in [5.41, 5.74) is 0.794. The molecule has 1 aromatic carbocycles. The van der Waals surface area contributed by atoms with Crippen molar-refractivity contribution >= 4 is 23.6 Å². The van der Waals surface area contributed by atoms with E-state index in [-0.39, 0.29) is 5.91 Å². The number of hydrogen-bond acceptors (Lipinski definition) is 5. The molecule has 0 aliphatic carbocycles. The standard InChI is InChI=1S/C20H27ClN2O4/c1-25-18-13-15(12-17(21)20(18)26-2)5-6-19(24)23-9-7-22(8-10-23)14-16-4-3-11-27-16/h5-6,12-13,16H,3-4,7-11,14H2,1-2H3/b6-5+. The number of rotatable bonds is 6. The number of amides is 1. The van der Waals surface area contributed by atoms with Gasteiger partial charge in [0.1, 0.15) is 0 Å². The first-order chi connectivity index (χ1) is 13.1. The highest BCUT2D eigenvalue weighted by Crippen LogP contribution is 2.36. The van der Waals surface area contributed by atoms with Crippen LogP contribution in [-0.4, -0.2) is 75.4 Å². The van der Waals surface area contributed by atoms with Crippen molar-refractivity contribution < 1.29 is 19.0 Å². The maximum absolute atomic E-state index is 12.5. The second-order valence-corrected chi connectivity index (χ2v) is 7.24. The van der Waals surface area contributed by atoms with Crippen LogP contribution in [0.3, 0.4) is 0 Å². The molecule has 0 saturated carbocycles. The van der Waals surface area contributed by atoms with E-state index in [0.717, 1.165) is 57.7 Å². The van der Waals surface area contributed by atoms with Gasteiger partial charge in [-0.15, -0.1) is 0 Å². The van der Waals surface area contributed by atoms with Gasteiger partial charge in [-0.05, 0) is 36.6 Å². The van der Waals surface area contributed by atoms with Gasteiger partial charge in [0.05, 0.1) is 25.3 Å². The number of carbonyl (C=O) groups excluding carboxylic acids is 1. The molecule has 27 heavy (non-hydrogen) atoms. The molecule has 0 aromatic heterocycles. The number of ether oxygens (including phenoxy) is 3. The summed E-state index contributed by atoms with van der Waals surface area (Å²) in [6.45, 7) is 5.12. The third kappa shape index (κ3) is 5.15. The van der Waals surface area contributed by atoms with Crippen LogP contribution in [0.25, 0.3) is 6.08 Å². The zero-order chi connectivity index (χ0) is 19.2. The first-order valence-corrected chi connectivity index (χ1v) is 9.71. The lowest BCUT2D eigenvalue weighted by Crippen LogP contribution is -2.50. The van der Waals surface area contributed by atoms with Crippen LogP contribution in [0.2, 0.25) is 5.02 Å². The molecule has 0 spiro atoms. The van der Waals surface area contributed by atoms with Gasteiger partial charge < -0.3 is 19.1 Å². The van der Waals surface area contributed by atoms with Crippen LogP contribution in [0.5, 0.6) is 11.5 Å². The zero-order valence-electron chi connectivity index (χ0n) is 15.9. The van der Waals surface area contributed by atoms with E-state index in [4.69, 9.17) is 25.8 Å². The van der Waals surface area contributed by atoms with Crippen molar-refractivity contribution in [3.05, 3.63) is 28.8 Å². The van der Waals surface area contributed by atoms with Crippen LogP contribution in [0.4, 0.5) is 0 Å². The quantitative estimate of drug-likeness (QED) is 0.694. The smallest absolute Gasteiger partial charge is 0.246 e. The molecule has 3 rings (SSSR count). The van der Waals surface area contributed by atoms with Crippen molar-refractivity contribution in [2.75, 3.05) is 53.6 Å². The molecule has 2 aliphatic heterocycles. The number of carbonyl (C=O) groups is 1. The molecule has 1 atom stereocenters. The second-order valence-electron chi connectivity index (χ2n) is 6.83. The number of hydrogen-bond donors (Lipinski definition) is 0. The molecule has 1 aromatic rings. The third-order valence-corrected chi connectivity index (χ3v) is 5.32. The summed E-state index contributed by atoms with van der Waals surface area (Å²) < 4.78 is 16.2. The summed E-state index contributed by atoms with van der Waals surface area (Å²) in [5, 5.41) is 0.451. The SMILES string of the molecule is COc1cc(/C=C/C(=O)N2CCN(CC3CCCO3)CC2)cc(Cl)c1OC. The maximum Gasteiger partial charge on any atom is 0.246 e. The molecule has 2 fully saturated rings. The molecule has 0 N–H and O–H groups in total. The summed E-state index contributed by atoms with van der Waals surface area (Å²) >= 11 is 6.21. The van der Waals surface area contributed by atoms with E-state index in [1.807, 2.05) is 4.90 Å². The van der Waals surface area contributed by atoms with Crippen LogP contribution in [-0.2, 0) is 9.53 Å². The predicted molar refractivity (Wildman–Crippen MR) is 106 cm³/mol. The number of nitrogens with zero attached hydrogens (tertiary/aromatic N) is 2. The van der Waals surface area contributed by atoms with Gasteiger partial charge in [-0.1, -0.05) is 11.6 Å². The molecular weight excluding hydrogens is 368 g/mol. The van der Waals surface area contributed by atoms with Gasteiger partial charge in [-0.25, -0.2) is 0 Å². The van der Waals surface area contributed by atoms with Crippen molar-refractivity contribution in [3.63, 3.8) is 0 Å². The molecule has 1 unspecified atom stereocenters. The largest absolute Gasteiger partial charge is 0.493 e. The summed E-state index contributed by atoms with van der Waals surface area (Å²) in [4.78, 5) is 16.8. The molecule has 0 bridgehead atoms. The highest BCUT2D eigenvalue weighted by atomic mass is 35.5. The number of benzene rings is 1. The van der Waals surface area contributed by atoms with Crippen LogP contribution in [0, 0.1) is 0 Å². The van der Waals surface area contributed by atoms with E-state index in [2.05, 4.69) is 4.90 Å². The molecule has 2 saturated heterocycles. The Balaban J connectivity index is 1.54. The average molecular weight is 395 g/mol. The van der Waals surface area contributed by atoms with Gasteiger partial charge in [-0.3, -0.25) is 9.69 Å². The number of halogens is 1. The van der Waals surface area contributed by atoms with Crippen LogP contribution < -0.4 is 9.47 Å². The fraction of sp³-hybridized carbons (Fsp3) is 0.550. The Hall–Kier alpha value is -1.76. The van der Waals surface area contributed by atoms with E-state index in [9.17, 15) is 4.79 Å². The van der Waals surface area contributed by atoms with Crippen LogP contribution >= 0.6 is 11.6 Å². The maximum atomic E-state index is 12.5. The number of methoxy groups -OCH3 is 2. The Labute approximate surface area is 165 Å². The molecule has 0 radical (unpaired) electrons. The molecular formula is C20H27ClN2O4. The molecule has 148 valence electrons. The van der Waals surface area contributed by atoms with E-state index < -0.39 is 0 Å². The molecule has 1 amide bonds.